The summed E-state index contributed by atoms with van der Waals surface area (Å²) in [5, 5.41) is 8.81. The highest BCUT2D eigenvalue weighted by molar-refractivity contribution is 9.10. The van der Waals surface area contributed by atoms with E-state index in [1.54, 1.807) is 0 Å². The number of hydrogen-bond donors (Lipinski definition) is 1. The summed E-state index contributed by atoms with van der Waals surface area (Å²) in [7, 11) is 0. The molecule has 2 heterocycles. The Kier molecular flexibility index (Phi) is 3.33. The third-order valence-corrected chi connectivity index (χ3v) is 3.66. The summed E-state index contributed by atoms with van der Waals surface area (Å²) in [5.74, 6) is 0.112. The Balaban J connectivity index is 2.30. The molecule has 0 amide bonds. The first kappa shape index (κ1) is 11.6. The molecule has 1 aromatic heterocycles. The summed E-state index contributed by atoms with van der Waals surface area (Å²) in [4.78, 5) is 15.2. The standard InChI is InChI=1S/C11H15BrN2O2/c1-7(6-9(15)16)11-13-10(12)8-4-2-3-5-14(8)11/h7H,2-6H2,1H3,(H,15,16). The molecule has 1 N–H and O–H groups in total. The van der Waals surface area contributed by atoms with Crippen molar-refractivity contribution in [2.24, 2.45) is 0 Å². The smallest absolute Gasteiger partial charge is 0.304 e. The average Bonchev–Trinajstić information content (AvgIpc) is 2.56. The fraction of sp³-hybridized carbons (Fsp3) is 0.636. The van der Waals surface area contributed by atoms with E-state index in [1.807, 2.05) is 6.92 Å². The maximum Gasteiger partial charge on any atom is 0.304 e. The van der Waals surface area contributed by atoms with Crippen LogP contribution in [0.3, 0.4) is 0 Å². The normalized spacial score (nSPS) is 16.9. The van der Waals surface area contributed by atoms with Gasteiger partial charge in [0.2, 0.25) is 0 Å². The molecule has 1 aliphatic heterocycles. The fourth-order valence-electron chi connectivity index (χ4n) is 2.25. The molecule has 0 radical (unpaired) electrons. The van der Waals surface area contributed by atoms with E-state index >= 15 is 0 Å². The Hall–Kier alpha value is -0.840. The molecule has 1 aromatic rings. The molecule has 0 aromatic carbocycles. The molecule has 0 saturated heterocycles. The maximum atomic E-state index is 10.7. The van der Waals surface area contributed by atoms with Gasteiger partial charge in [-0.1, -0.05) is 6.92 Å². The van der Waals surface area contributed by atoms with Crippen LogP contribution in [-0.2, 0) is 17.8 Å². The fourth-order valence-corrected chi connectivity index (χ4v) is 2.85. The van der Waals surface area contributed by atoms with Crippen LogP contribution in [-0.4, -0.2) is 20.6 Å². The number of carbonyl (C=O) groups is 1. The molecule has 0 aliphatic carbocycles. The van der Waals surface area contributed by atoms with Gasteiger partial charge in [-0.2, -0.15) is 0 Å². The maximum absolute atomic E-state index is 10.7. The quantitative estimate of drug-likeness (QED) is 0.929. The lowest BCUT2D eigenvalue weighted by Crippen LogP contribution is -2.15. The number of nitrogens with zero attached hydrogens (tertiary/aromatic N) is 2. The molecule has 16 heavy (non-hydrogen) atoms. The van der Waals surface area contributed by atoms with E-state index < -0.39 is 5.97 Å². The van der Waals surface area contributed by atoms with Gasteiger partial charge in [0, 0.05) is 12.5 Å². The highest BCUT2D eigenvalue weighted by Gasteiger charge is 2.23. The number of rotatable bonds is 3. The Morgan fingerprint density at radius 2 is 2.38 bits per heavy atom. The van der Waals surface area contributed by atoms with Gasteiger partial charge in [-0.15, -0.1) is 0 Å². The molecule has 0 spiro atoms. The van der Waals surface area contributed by atoms with Crippen LogP contribution in [0.15, 0.2) is 4.60 Å². The summed E-state index contributed by atoms with van der Waals surface area (Å²) in [6.45, 7) is 2.89. The van der Waals surface area contributed by atoms with Crippen LogP contribution >= 0.6 is 15.9 Å². The van der Waals surface area contributed by atoms with E-state index in [-0.39, 0.29) is 12.3 Å². The van der Waals surface area contributed by atoms with Crippen molar-refractivity contribution in [3.8, 4) is 0 Å². The van der Waals surface area contributed by atoms with Crippen molar-refractivity contribution in [3.05, 3.63) is 16.1 Å². The molecule has 1 unspecified atom stereocenters. The van der Waals surface area contributed by atoms with Gasteiger partial charge in [-0.25, -0.2) is 4.98 Å². The van der Waals surface area contributed by atoms with E-state index in [9.17, 15) is 4.79 Å². The predicted molar refractivity (Wildman–Crippen MR) is 63.5 cm³/mol. The largest absolute Gasteiger partial charge is 0.481 e. The van der Waals surface area contributed by atoms with Crippen LogP contribution in [0.4, 0.5) is 0 Å². The summed E-state index contributed by atoms with van der Waals surface area (Å²) < 4.78 is 3.07. The number of aromatic nitrogens is 2. The summed E-state index contributed by atoms with van der Waals surface area (Å²) in [5.41, 5.74) is 1.22. The lowest BCUT2D eigenvalue weighted by atomic mass is 10.1. The third kappa shape index (κ3) is 2.14. The molecule has 0 saturated carbocycles. The predicted octanol–water partition coefficient (Wildman–Crippen LogP) is 2.56. The van der Waals surface area contributed by atoms with Crippen molar-refractivity contribution in [2.45, 2.75) is 45.1 Å². The minimum atomic E-state index is -0.767. The first-order valence-electron chi connectivity index (χ1n) is 5.56. The lowest BCUT2D eigenvalue weighted by Gasteiger charge is -2.18. The molecule has 1 atom stereocenters. The average molecular weight is 287 g/mol. The minimum absolute atomic E-state index is 0.0272. The third-order valence-electron chi connectivity index (χ3n) is 3.02. The summed E-state index contributed by atoms with van der Waals surface area (Å²) >= 11 is 3.46. The minimum Gasteiger partial charge on any atom is -0.481 e. The van der Waals surface area contributed by atoms with Crippen LogP contribution in [0, 0.1) is 0 Å². The second kappa shape index (κ2) is 4.57. The number of fused-ring (bicyclic) bond motifs is 1. The van der Waals surface area contributed by atoms with Gasteiger partial charge in [0.1, 0.15) is 10.4 Å². The molecular formula is C11H15BrN2O2. The van der Waals surface area contributed by atoms with Crippen molar-refractivity contribution < 1.29 is 9.90 Å². The zero-order valence-corrected chi connectivity index (χ0v) is 10.8. The van der Waals surface area contributed by atoms with Gasteiger partial charge < -0.3 is 9.67 Å². The zero-order chi connectivity index (χ0) is 11.7. The zero-order valence-electron chi connectivity index (χ0n) is 9.24. The molecular weight excluding hydrogens is 272 g/mol. The Bertz CT molecular complexity index is 414. The van der Waals surface area contributed by atoms with Crippen LogP contribution in [0.2, 0.25) is 0 Å². The number of aliphatic carboxylic acids is 1. The molecule has 4 nitrogen and oxygen atoms in total. The number of carboxylic acids is 1. The highest BCUT2D eigenvalue weighted by Crippen LogP contribution is 2.29. The second-order valence-electron chi connectivity index (χ2n) is 4.32. The topological polar surface area (TPSA) is 55.1 Å². The van der Waals surface area contributed by atoms with Gasteiger partial charge in [-0.05, 0) is 35.2 Å². The summed E-state index contributed by atoms with van der Waals surface area (Å²) in [6.07, 6.45) is 3.52. The Morgan fingerprint density at radius 1 is 1.62 bits per heavy atom. The van der Waals surface area contributed by atoms with E-state index in [1.165, 1.54) is 12.1 Å². The van der Waals surface area contributed by atoms with Crippen LogP contribution in [0.1, 0.15) is 43.6 Å². The van der Waals surface area contributed by atoms with Gasteiger partial charge in [0.05, 0.1) is 12.1 Å². The van der Waals surface area contributed by atoms with Crippen LogP contribution < -0.4 is 0 Å². The Labute approximate surface area is 103 Å². The monoisotopic (exact) mass is 286 g/mol. The van der Waals surface area contributed by atoms with Crippen molar-refractivity contribution in [3.63, 3.8) is 0 Å². The van der Waals surface area contributed by atoms with Gasteiger partial charge in [0.15, 0.2) is 0 Å². The number of imidazole rings is 1. The lowest BCUT2D eigenvalue weighted by molar-refractivity contribution is -0.137. The number of halogens is 1. The van der Waals surface area contributed by atoms with Gasteiger partial charge in [-0.3, -0.25) is 4.79 Å². The first-order chi connectivity index (χ1) is 7.59. The first-order valence-corrected chi connectivity index (χ1v) is 6.35. The van der Waals surface area contributed by atoms with Crippen molar-refractivity contribution >= 4 is 21.9 Å². The molecule has 88 valence electrons. The van der Waals surface area contributed by atoms with Gasteiger partial charge in [0.25, 0.3) is 0 Å². The molecule has 0 fully saturated rings. The summed E-state index contributed by atoms with van der Waals surface area (Å²) in [6, 6.07) is 0. The number of carboxylic acid groups (broad SMARTS) is 1. The SMILES string of the molecule is CC(CC(=O)O)c1nc(Br)c2n1CCCC2. The van der Waals surface area contributed by atoms with Crippen LogP contribution in [0.5, 0.6) is 0 Å². The van der Waals surface area contributed by atoms with Gasteiger partial charge >= 0.3 is 5.97 Å². The molecule has 0 bridgehead atoms. The van der Waals surface area contributed by atoms with Crippen molar-refractivity contribution in [1.29, 1.82) is 0 Å². The van der Waals surface area contributed by atoms with E-state index in [2.05, 4.69) is 25.5 Å². The van der Waals surface area contributed by atoms with E-state index in [0.717, 1.165) is 29.8 Å². The molecule has 2 rings (SSSR count). The second-order valence-corrected chi connectivity index (χ2v) is 5.07. The van der Waals surface area contributed by atoms with Crippen molar-refractivity contribution in [2.75, 3.05) is 0 Å². The number of hydrogen-bond acceptors (Lipinski definition) is 2. The molecule has 1 aliphatic rings. The Morgan fingerprint density at radius 3 is 3.06 bits per heavy atom. The van der Waals surface area contributed by atoms with E-state index in [0.29, 0.717) is 0 Å². The highest BCUT2D eigenvalue weighted by atomic mass is 79.9. The molecule has 5 heteroatoms. The van der Waals surface area contributed by atoms with Crippen molar-refractivity contribution in [1.82, 2.24) is 9.55 Å². The van der Waals surface area contributed by atoms with E-state index in [4.69, 9.17) is 5.11 Å². The van der Waals surface area contributed by atoms with Crippen LogP contribution in [0.25, 0.3) is 0 Å².